The average Bonchev–Trinajstić information content (AvgIpc) is 3.44. The van der Waals surface area contributed by atoms with Crippen molar-refractivity contribution in [3.63, 3.8) is 0 Å². The maximum atomic E-state index is 13.7. The summed E-state index contributed by atoms with van der Waals surface area (Å²) in [5.41, 5.74) is 4.38. The summed E-state index contributed by atoms with van der Waals surface area (Å²) in [7, 11) is 1.62. The summed E-state index contributed by atoms with van der Waals surface area (Å²) in [5, 5.41) is 11.0. The minimum absolute atomic E-state index is 0.154. The lowest BCUT2D eigenvalue weighted by molar-refractivity contribution is 0.103. The predicted octanol–water partition coefficient (Wildman–Crippen LogP) is 5.80. The molecule has 8 heteroatoms. The molecule has 0 bridgehead atoms. The zero-order chi connectivity index (χ0) is 22.9. The number of benzene rings is 2. The Bertz CT molecular complexity index is 1460. The van der Waals surface area contributed by atoms with Crippen LogP contribution >= 0.6 is 22.9 Å². The summed E-state index contributed by atoms with van der Waals surface area (Å²) < 4.78 is 7.57. The highest BCUT2D eigenvalue weighted by Crippen LogP contribution is 2.33. The molecule has 0 aliphatic rings. The molecule has 2 aromatic carbocycles. The topological polar surface area (TPSA) is 69.9 Å². The summed E-state index contributed by atoms with van der Waals surface area (Å²) in [6.07, 6.45) is 3.39. The van der Waals surface area contributed by atoms with E-state index in [9.17, 15) is 4.79 Å². The third-order valence-electron chi connectivity index (χ3n) is 5.56. The van der Waals surface area contributed by atoms with Crippen molar-refractivity contribution in [3.8, 4) is 16.3 Å². The second-order valence-electron chi connectivity index (χ2n) is 7.53. The van der Waals surface area contributed by atoms with Crippen LogP contribution in [0.5, 0.6) is 5.75 Å². The molecule has 0 spiro atoms. The van der Waals surface area contributed by atoms with Crippen LogP contribution in [0, 0.1) is 6.92 Å². The van der Waals surface area contributed by atoms with Gasteiger partial charge in [0.25, 0.3) is 0 Å². The molecule has 0 radical (unpaired) electrons. The van der Waals surface area contributed by atoms with Gasteiger partial charge in [0, 0.05) is 46.1 Å². The highest BCUT2D eigenvalue weighted by Gasteiger charge is 2.25. The van der Waals surface area contributed by atoms with E-state index >= 15 is 0 Å². The lowest BCUT2D eigenvalue weighted by Gasteiger charge is -2.09. The van der Waals surface area contributed by atoms with Gasteiger partial charge in [-0.05, 0) is 55.0 Å². The monoisotopic (exact) mass is 474 g/mol. The molecular formula is C25H19ClN4O2S. The van der Waals surface area contributed by atoms with Gasteiger partial charge in [-0.2, -0.15) is 0 Å². The number of halogens is 1. The standard InChI is InChI=1S/C25H19ClN4O2S/c1-15-22(23(31)25-29-28-24(33-25)17-9-11-27-12-10-17)20-13-19(32-2)7-8-21(20)30(15)14-16-3-5-18(26)6-4-16/h3-13H,14H2,1-2H3. The number of fused-ring (bicyclic) bond motifs is 1. The van der Waals surface area contributed by atoms with Crippen molar-refractivity contribution in [2.75, 3.05) is 7.11 Å². The number of methoxy groups -OCH3 is 1. The predicted molar refractivity (Wildman–Crippen MR) is 130 cm³/mol. The van der Waals surface area contributed by atoms with E-state index < -0.39 is 0 Å². The summed E-state index contributed by atoms with van der Waals surface area (Å²) in [5.74, 6) is 0.536. The summed E-state index contributed by atoms with van der Waals surface area (Å²) in [6, 6.07) is 17.2. The van der Waals surface area contributed by atoms with E-state index in [0.717, 1.165) is 27.7 Å². The molecule has 5 aromatic rings. The van der Waals surface area contributed by atoms with E-state index in [4.69, 9.17) is 16.3 Å². The van der Waals surface area contributed by atoms with Crippen LogP contribution in [-0.2, 0) is 6.54 Å². The van der Waals surface area contributed by atoms with Crippen molar-refractivity contribution >= 4 is 39.6 Å². The van der Waals surface area contributed by atoms with E-state index in [1.54, 1.807) is 19.5 Å². The zero-order valence-corrected chi connectivity index (χ0v) is 19.5. The lowest BCUT2D eigenvalue weighted by Crippen LogP contribution is -2.06. The molecule has 0 aliphatic heterocycles. The van der Waals surface area contributed by atoms with Crippen molar-refractivity contribution in [3.05, 3.63) is 93.8 Å². The Morgan fingerprint density at radius 1 is 1.06 bits per heavy atom. The minimum atomic E-state index is -0.154. The number of carbonyl (C=O) groups is 1. The highest BCUT2D eigenvalue weighted by atomic mass is 35.5. The van der Waals surface area contributed by atoms with Gasteiger partial charge in [0.15, 0.2) is 5.01 Å². The summed E-state index contributed by atoms with van der Waals surface area (Å²) in [6.45, 7) is 2.57. The van der Waals surface area contributed by atoms with Crippen LogP contribution in [-0.4, -0.2) is 32.6 Å². The van der Waals surface area contributed by atoms with Crippen LogP contribution < -0.4 is 4.74 Å². The third kappa shape index (κ3) is 4.01. The quantitative estimate of drug-likeness (QED) is 0.291. The van der Waals surface area contributed by atoms with Crippen LogP contribution in [0.4, 0.5) is 0 Å². The van der Waals surface area contributed by atoms with E-state index in [0.29, 0.717) is 32.9 Å². The first kappa shape index (κ1) is 21.3. The van der Waals surface area contributed by atoms with Gasteiger partial charge < -0.3 is 9.30 Å². The van der Waals surface area contributed by atoms with Crippen molar-refractivity contribution in [2.24, 2.45) is 0 Å². The van der Waals surface area contributed by atoms with E-state index in [1.165, 1.54) is 11.3 Å². The first-order valence-corrected chi connectivity index (χ1v) is 11.4. The first-order chi connectivity index (χ1) is 16.0. The van der Waals surface area contributed by atoms with Crippen LogP contribution in [0.15, 0.2) is 67.0 Å². The first-order valence-electron chi connectivity index (χ1n) is 10.2. The average molecular weight is 475 g/mol. The van der Waals surface area contributed by atoms with Crippen LogP contribution in [0.25, 0.3) is 21.5 Å². The molecule has 3 heterocycles. The highest BCUT2D eigenvalue weighted by molar-refractivity contribution is 7.16. The largest absolute Gasteiger partial charge is 0.497 e. The smallest absolute Gasteiger partial charge is 0.225 e. The number of aromatic nitrogens is 4. The zero-order valence-electron chi connectivity index (χ0n) is 17.9. The molecule has 3 aromatic heterocycles. The molecule has 164 valence electrons. The van der Waals surface area contributed by atoms with Crippen molar-refractivity contribution in [1.29, 1.82) is 0 Å². The number of hydrogen-bond acceptors (Lipinski definition) is 6. The van der Waals surface area contributed by atoms with Gasteiger partial charge in [-0.1, -0.05) is 35.1 Å². The minimum Gasteiger partial charge on any atom is -0.497 e. The molecule has 0 saturated carbocycles. The van der Waals surface area contributed by atoms with Gasteiger partial charge in [0.05, 0.1) is 12.7 Å². The second-order valence-corrected chi connectivity index (χ2v) is 8.95. The Balaban J connectivity index is 1.61. The summed E-state index contributed by atoms with van der Waals surface area (Å²) >= 11 is 7.33. The van der Waals surface area contributed by atoms with Crippen LogP contribution in [0.1, 0.15) is 26.6 Å². The molecule has 0 saturated heterocycles. The molecule has 0 fully saturated rings. The Morgan fingerprint density at radius 2 is 1.82 bits per heavy atom. The van der Waals surface area contributed by atoms with Gasteiger partial charge in [0.2, 0.25) is 5.78 Å². The summed E-state index contributed by atoms with van der Waals surface area (Å²) in [4.78, 5) is 17.7. The van der Waals surface area contributed by atoms with E-state index in [-0.39, 0.29) is 5.78 Å². The molecule has 5 rings (SSSR count). The molecular weight excluding hydrogens is 456 g/mol. The lowest BCUT2D eigenvalue weighted by atomic mass is 10.1. The van der Waals surface area contributed by atoms with Crippen molar-refractivity contribution in [1.82, 2.24) is 19.7 Å². The Kier molecular flexibility index (Phi) is 5.66. The number of pyridine rings is 1. The van der Waals surface area contributed by atoms with Gasteiger partial charge in [-0.25, -0.2) is 0 Å². The van der Waals surface area contributed by atoms with Crippen LogP contribution in [0.2, 0.25) is 5.02 Å². The molecule has 0 aliphatic carbocycles. The third-order valence-corrected chi connectivity index (χ3v) is 6.78. The molecule has 0 N–H and O–H groups in total. The fourth-order valence-corrected chi connectivity index (χ4v) is 4.81. The Morgan fingerprint density at radius 3 is 2.55 bits per heavy atom. The van der Waals surface area contributed by atoms with Crippen molar-refractivity contribution < 1.29 is 9.53 Å². The fraction of sp³-hybridized carbons (Fsp3) is 0.120. The Hall–Kier alpha value is -3.55. The SMILES string of the molecule is COc1ccc2c(c1)c(C(=O)c1nnc(-c3ccncc3)s1)c(C)n2Cc1ccc(Cl)cc1. The number of carbonyl (C=O) groups excluding carboxylic acids is 1. The number of nitrogens with zero attached hydrogens (tertiary/aromatic N) is 4. The normalized spacial score (nSPS) is 11.1. The van der Waals surface area contributed by atoms with Gasteiger partial charge in [0.1, 0.15) is 10.8 Å². The molecule has 6 nitrogen and oxygen atoms in total. The molecule has 33 heavy (non-hydrogen) atoms. The maximum Gasteiger partial charge on any atom is 0.225 e. The molecule has 0 unspecified atom stereocenters. The number of ether oxygens (including phenoxy) is 1. The van der Waals surface area contributed by atoms with Gasteiger partial charge in [-0.3, -0.25) is 9.78 Å². The van der Waals surface area contributed by atoms with E-state index in [2.05, 4.69) is 19.7 Å². The molecule has 0 atom stereocenters. The number of rotatable bonds is 6. The van der Waals surface area contributed by atoms with Crippen LogP contribution in [0.3, 0.4) is 0 Å². The fourth-order valence-electron chi connectivity index (χ4n) is 3.88. The second kappa shape index (κ2) is 8.77. The number of ketones is 1. The van der Waals surface area contributed by atoms with Gasteiger partial charge in [-0.15, -0.1) is 10.2 Å². The number of hydrogen-bond donors (Lipinski definition) is 0. The Labute approximate surface area is 199 Å². The van der Waals surface area contributed by atoms with Gasteiger partial charge >= 0.3 is 0 Å². The van der Waals surface area contributed by atoms with E-state index in [1.807, 2.05) is 61.5 Å². The maximum absolute atomic E-state index is 13.7. The molecule has 0 amide bonds. The van der Waals surface area contributed by atoms with Crippen molar-refractivity contribution in [2.45, 2.75) is 13.5 Å².